The summed E-state index contributed by atoms with van der Waals surface area (Å²) in [6, 6.07) is 13.5. The lowest BCUT2D eigenvalue weighted by Crippen LogP contribution is -1.95. The number of thiophene rings is 1. The van der Waals surface area contributed by atoms with Crippen molar-refractivity contribution in [2.45, 2.75) is 0 Å². The minimum Gasteiger partial charge on any atom is -0.437 e. The molecule has 106 valence electrons. The standard InChI is InChI=1S/C17H11N3OS/c1-2-6-15-14(5-1)17(21-13-4-3-8-18-10-13)20-16(19-15)12-7-9-22-11-12/h1-11H. The molecule has 0 aliphatic carbocycles. The monoisotopic (exact) mass is 305 g/mol. The third-order valence-corrected chi connectivity index (χ3v) is 3.88. The summed E-state index contributed by atoms with van der Waals surface area (Å²) in [4.78, 5) is 13.3. The predicted molar refractivity (Wildman–Crippen MR) is 87.2 cm³/mol. The molecule has 0 radical (unpaired) electrons. The maximum Gasteiger partial charge on any atom is 0.230 e. The Morgan fingerprint density at radius 1 is 0.955 bits per heavy atom. The van der Waals surface area contributed by atoms with E-state index >= 15 is 0 Å². The second kappa shape index (κ2) is 5.54. The number of hydrogen-bond donors (Lipinski definition) is 0. The van der Waals surface area contributed by atoms with Crippen LogP contribution in [0.15, 0.2) is 65.6 Å². The van der Waals surface area contributed by atoms with Crippen LogP contribution in [0.3, 0.4) is 0 Å². The number of pyridine rings is 1. The van der Waals surface area contributed by atoms with Crippen LogP contribution in [-0.4, -0.2) is 15.0 Å². The largest absolute Gasteiger partial charge is 0.437 e. The Morgan fingerprint density at radius 2 is 1.91 bits per heavy atom. The summed E-state index contributed by atoms with van der Waals surface area (Å²) in [6.45, 7) is 0. The van der Waals surface area contributed by atoms with E-state index in [4.69, 9.17) is 4.74 Å². The van der Waals surface area contributed by atoms with E-state index in [-0.39, 0.29) is 0 Å². The zero-order valence-corrected chi connectivity index (χ0v) is 12.3. The molecular weight excluding hydrogens is 294 g/mol. The highest BCUT2D eigenvalue weighted by molar-refractivity contribution is 7.08. The molecule has 0 saturated heterocycles. The van der Waals surface area contributed by atoms with Crippen LogP contribution < -0.4 is 4.74 Å². The summed E-state index contributed by atoms with van der Waals surface area (Å²) in [5, 5.41) is 4.92. The summed E-state index contributed by atoms with van der Waals surface area (Å²) < 4.78 is 5.92. The van der Waals surface area contributed by atoms with Crippen molar-refractivity contribution in [3.05, 3.63) is 65.6 Å². The molecule has 5 heteroatoms. The third kappa shape index (κ3) is 2.42. The molecular formula is C17H11N3OS. The maximum absolute atomic E-state index is 5.92. The number of aromatic nitrogens is 3. The molecule has 3 heterocycles. The molecule has 0 amide bonds. The van der Waals surface area contributed by atoms with E-state index in [9.17, 15) is 0 Å². The van der Waals surface area contributed by atoms with E-state index in [1.807, 2.05) is 53.2 Å². The quantitative estimate of drug-likeness (QED) is 0.557. The molecule has 1 aromatic carbocycles. The topological polar surface area (TPSA) is 47.9 Å². The highest BCUT2D eigenvalue weighted by atomic mass is 32.1. The molecule has 0 aliphatic rings. The molecule has 0 spiro atoms. The maximum atomic E-state index is 5.92. The minimum absolute atomic E-state index is 0.541. The summed E-state index contributed by atoms with van der Waals surface area (Å²) in [7, 11) is 0. The Kier molecular flexibility index (Phi) is 3.25. The van der Waals surface area contributed by atoms with Crippen molar-refractivity contribution in [2.75, 3.05) is 0 Å². The molecule has 0 bridgehead atoms. The van der Waals surface area contributed by atoms with Crippen LogP contribution in [0.25, 0.3) is 22.3 Å². The molecule has 0 N–H and O–H groups in total. The Morgan fingerprint density at radius 3 is 2.73 bits per heavy atom. The van der Waals surface area contributed by atoms with Crippen molar-refractivity contribution < 1.29 is 4.74 Å². The number of nitrogens with zero attached hydrogens (tertiary/aromatic N) is 3. The summed E-state index contributed by atoms with van der Waals surface area (Å²) in [5.74, 6) is 1.86. The molecule has 0 aliphatic heterocycles. The Hall–Kier alpha value is -2.79. The normalized spacial score (nSPS) is 10.7. The first-order valence-corrected chi connectivity index (χ1v) is 7.72. The fourth-order valence-corrected chi connectivity index (χ4v) is 2.80. The van der Waals surface area contributed by atoms with Crippen molar-refractivity contribution in [3.8, 4) is 23.0 Å². The van der Waals surface area contributed by atoms with Gasteiger partial charge in [0.1, 0.15) is 5.75 Å². The molecule has 4 aromatic rings. The van der Waals surface area contributed by atoms with E-state index < -0.39 is 0 Å². The van der Waals surface area contributed by atoms with Crippen LogP contribution >= 0.6 is 11.3 Å². The molecule has 0 fully saturated rings. The van der Waals surface area contributed by atoms with Crippen molar-refractivity contribution in [1.82, 2.24) is 15.0 Å². The summed E-state index contributed by atoms with van der Waals surface area (Å²) >= 11 is 1.62. The fourth-order valence-electron chi connectivity index (χ4n) is 2.17. The number of fused-ring (bicyclic) bond motifs is 1. The van der Waals surface area contributed by atoms with E-state index in [0.717, 1.165) is 16.5 Å². The first kappa shape index (κ1) is 12.9. The zero-order valence-electron chi connectivity index (χ0n) is 11.5. The zero-order chi connectivity index (χ0) is 14.8. The highest BCUT2D eigenvalue weighted by Crippen LogP contribution is 2.30. The van der Waals surface area contributed by atoms with Crippen molar-refractivity contribution in [1.29, 1.82) is 0 Å². The lowest BCUT2D eigenvalue weighted by atomic mass is 10.2. The Bertz CT molecular complexity index is 908. The Balaban J connectivity index is 1.88. The van der Waals surface area contributed by atoms with Gasteiger partial charge in [-0.3, -0.25) is 4.98 Å². The molecule has 0 atom stereocenters. The number of benzene rings is 1. The number of rotatable bonds is 3. The number of ether oxygens (including phenoxy) is 1. The van der Waals surface area contributed by atoms with Crippen LogP contribution in [-0.2, 0) is 0 Å². The number of hydrogen-bond acceptors (Lipinski definition) is 5. The first-order valence-electron chi connectivity index (χ1n) is 6.77. The van der Waals surface area contributed by atoms with Gasteiger partial charge in [0.25, 0.3) is 0 Å². The van der Waals surface area contributed by atoms with Crippen LogP contribution in [0, 0.1) is 0 Å². The average molecular weight is 305 g/mol. The second-order valence-corrected chi connectivity index (χ2v) is 5.45. The van der Waals surface area contributed by atoms with Gasteiger partial charge < -0.3 is 4.74 Å². The second-order valence-electron chi connectivity index (χ2n) is 4.67. The fraction of sp³-hybridized carbons (Fsp3) is 0. The van der Waals surface area contributed by atoms with Crippen LogP contribution in [0.1, 0.15) is 0 Å². The van der Waals surface area contributed by atoms with Gasteiger partial charge in [0.15, 0.2) is 5.82 Å². The van der Waals surface area contributed by atoms with Gasteiger partial charge in [-0.05, 0) is 35.7 Å². The summed E-state index contributed by atoms with van der Waals surface area (Å²) in [6.07, 6.45) is 3.38. The van der Waals surface area contributed by atoms with Crippen molar-refractivity contribution >= 4 is 22.2 Å². The van der Waals surface area contributed by atoms with Gasteiger partial charge in [-0.25, -0.2) is 4.98 Å². The molecule has 0 unspecified atom stereocenters. The van der Waals surface area contributed by atoms with Gasteiger partial charge in [-0.1, -0.05) is 12.1 Å². The van der Waals surface area contributed by atoms with Gasteiger partial charge in [0.05, 0.1) is 17.1 Å². The lowest BCUT2D eigenvalue weighted by molar-refractivity contribution is 0.467. The molecule has 22 heavy (non-hydrogen) atoms. The van der Waals surface area contributed by atoms with Gasteiger partial charge in [0.2, 0.25) is 5.88 Å². The summed E-state index contributed by atoms with van der Waals surface area (Å²) in [5.41, 5.74) is 1.85. The van der Waals surface area contributed by atoms with Gasteiger partial charge >= 0.3 is 0 Å². The SMILES string of the molecule is c1cncc(Oc2nc(-c3ccsc3)nc3ccccc23)c1. The van der Waals surface area contributed by atoms with E-state index in [1.54, 1.807) is 23.7 Å². The van der Waals surface area contributed by atoms with Crippen LogP contribution in [0.4, 0.5) is 0 Å². The third-order valence-electron chi connectivity index (χ3n) is 3.20. The van der Waals surface area contributed by atoms with Crippen LogP contribution in [0.5, 0.6) is 11.6 Å². The van der Waals surface area contributed by atoms with Gasteiger partial charge in [-0.15, -0.1) is 0 Å². The van der Waals surface area contributed by atoms with E-state index in [1.165, 1.54) is 0 Å². The van der Waals surface area contributed by atoms with E-state index in [0.29, 0.717) is 17.5 Å². The molecule has 3 aromatic heterocycles. The van der Waals surface area contributed by atoms with Gasteiger partial charge in [0, 0.05) is 17.1 Å². The molecule has 4 rings (SSSR count). The number of para-hydroxylation sites is 1. The van der Waals surface area contributed by atoms with Crippen molar-refractivity contribution in [3.63, 3.8) is 0 Å². The molecule has 4 nitrogen and oxygen atoms in total. The lowest BCUT2D eigenvalue weighted by Gasteiger charge is -2.09. The van der Waals surface area contributed by atoms with Crippen LogP contribution in [0.2, 0.25) is 0 Å². The molecule has 0 saturated carbocycles. The average Bonchev–Trinajstić information content (AvgIpc) is 3.10. The Labute approximate surface area is 131 Å². The first-order chi connectivity index (χ1) is 10.9. The smallest absolute Gasteiger partial charge is 0.230 e. The minimum atomic E-state index is 0.541. The van der Waals surface area contributed by atoms with Gasteiger partial charge in [-0.2, -0.15) is 16.3 Å². The van der Waals surface area contributed by atoms with E-state index in [2.05, 4.69) is 15.0 Å². The highest BCUT2D eigenvalue weighted by Gasteiger charge is 2.11. The predicted octanol–water partition coefficient (Wildman–Crippen LogP) is 4.55. The van der Waals surface area contributed by atoms with Crippen molar-refractivity contribution in [2.24, 2.45) is 0 Å².